The molecule has 0 amide bonds. The molecule has 1 aromatic carbocycles. The van der Waals surface area contributed by atoms with E-state index in [0.717, 1.165) is 12.6 Å². The Hall–Kier alpha value is -0.643. The molecule has 0 saturated carbocycles. The molecule has 1 atom stereocenters. The minimum atomic E-state index is -1.15. The second-order valence-corrected chi connectivity index (χ2v) is 12.6. The van der Waals surface area contributed by atoms with E-state index in [0.29, 0.717) is 0 Å². The average molecular weight is 305 g/mol. The molecule has 1 aliphatic heterocycles. The largest absolute Gasteiger partial charge is 0.298 e. The Morgan fingerprint density at radius 1 is 1.00 bits per heavy atom. The van der Waals surface area contributed by atoms with Crippen LogP contribution < -0.4 is 5.19 Å². The molecule has 3 heteroatoms. The van der Waals surface area contributed by atoms with Gasteiger partial charge in [-0.05, 0) is 18.9 Å². The normalized spacial score (nSPS) is 19.7. The van der Waals surface area contributed by atoms with Crippen LogP contribution in [0, 0.1) is 0 Å². The van der Waals surface area contributed by atoms with Crippen molar-refractivity contribution in [1.29, 1.82) is 0 Å². The van der Waals surface area contributed by atoms with Gasteiger partial charge in [0.1, 0.15) is 0 Å². The number of hydrogen-bond donors (Lipinski definition) is 0. The predicted molar refractivity (Wildman–Crippen MR) is 96.0 cm³/mol. The molecular formula is C18H32N2Si. The number of benzene rings is 1. The van der Waals surface area contributed by atoms with Gasteiger partial charge in [0.25, 0.3) is 0 Å². The fraction of sp³-hybridized carbons (Fsp3) is 0.667. The number of piperazine rings is 1. The maximum absolute atomic E-state index is 2.63. The third kappa shape index (κ3) is 4.66. The van der Waals surface area contributed by atoms with Crippen molar-refractivity contribution in [3.05, 3.63) is 29.8 Å². The monoisotopic (exact) mass is 304 g/mol. The van der Waals surface area contributed by atoms with E-state index in [1.165, 1.54) is 38.2 Å². The molecule has 2 nitrogen and oxygen atoms in total. The zero-order valence-corrected chi connectivity index (χ0v) is 15.5. The van der Waals surface area contributed by atoms with E-state index < -0.39 is 8.07 Å². The second-order valence-electron chi connectivity index (χ2n) is 7.52. The van der Waals surface area contributed by atoms with Gasteiger partial charge in [0, 0.05) is 38.8 Å². The van der Waals surface area contributed by atoms with E-state index in [-0.39, 0.29) is 0 Å². The fourth-order valence-corrected chi connectivity index (χ4v) is 4.16. The first-order valence-electron chi connectivity index (χ1n) is 8.46. The van der Waals surface area contributed by atoms with Gasteiger partial charge in [-0.15, -0.1) is 0 Å². The first-order chi connectivity index (χ1) is 9.90. The van der Waals surface area contributed by atoms with Crippen molar-refractivity contribution in [3.8, 4) is 0 Å². The van der Waals surface area contributed by atoms with Gasteiger partial charge < -0.3 is 0 Å². The zero-order valence-electron chi connectivity index (χ0n) is 14.5. The van der Waals surface area contributed by atoms with Gasteiger partial charge in [-0.2, -0.15) is 0 Å². The highest BCUT2D eigenvalue weighted by Crippen LogP contribution is 2.12. The van der Waals surface area contributed by atoms with Crippen LogP contribution in [0.4, 0.5) is 0 Å². The molecule has 1 aliphatic rings. The molecule has 1 heterocycles. The summed E-state index contributed by atoms with van der Waals surface area (Å²) in [4.78, 5) is 5.23. The first-order valence-corrected chi connectivity index (χ1v) is 12.0. The van der Waals surface area contributed by atoms with Crippen LogP contribution in [0.2, 0.25) is 19.6 Å². The van der Waals surface area contributed by atoms with E-state index >= 15 is 0 Å². The van der Waals surface area contributed by atoms with Crippen LogP contribution in [-0.2, 0) is 6.54 Å². The number of hydrogen-bond acceptors (Lipinski definition) is 2. The summed E-state index contributed by atoms with van der Waals surface area (Å²) in [5.74, 6) is 0. The van der Waals surface area contributed by atoms with Crippen LogP contribution in [0.15, 0.2) is 24.3 Å². The fourth-order valence-electron chi connectivity index (χ4n) is 2.99. The molecule has 2 rings (SSSR count). The Balaban J connectivity index is 1.86. The molecular weight excluding hydrogens is 272 g/mol. The summed E-state index contributed by atoms with van der Waals surface area (Å²) in [5, 5.41) is 1.56. The Bertz CT molecular complexity index is 428. The summed E-state index contributed by atoms with van der Waals surface area (Å²) in [6.07, 6.45) is 1.26. The molecule has 118 valence electrons. The van der Waals surface area contributed by atoms with Crippen LogP contribution in [0.1, 0.15) is 25.8 Å². The van der Waals surface area contributed by atoms with Crippen LogP contribution >= 0.6 is 0 Å². The van der Waals surface area contributed by atoms with Gasteiger partial charge in [-0.25, -0.2) is 0 Å². The highest BCUT2D eigenvalue weighted by Gasteiger charge is 2.20. The van der Waals surface area contributed by atoms with E-state index in [1.807, 2.05) is 0 Å². The maximum Gasteiger partial charge on any atom is 0.0775 e. The molecule has 21 heavy (non-hydrogen) atoms. The molecule has 1 saturated heterocycles. The van der Waals surface area contributed by atoms with Gasteiger partial charge >= 0.3 is 0 Å². The lowest BCUT2D eigenvalue weighted by Gasteiger charge is -2.37. The molecule has 0 aromatic heterocycles. The Labute approximate surface area is 132 Å². The van der Waals surface area contributed by atoms with Crippen LogP contribution in [0.3, 0.4) is 0 Å². The van der Waals surface area contributed by atoms with E-state index in [9.17, 15) is 0 Å². The Kier molecular flexibility index (Phi) is 5.64. The van der Waals surface area contributed by atoms with Crippen molar-refractivity contribution >= 4 is 13.3 Å². The van der Waals surface area contributed by atoms with Crippen molar-refractivity contribution in [2.24, 2.45) is 0 Å². The third-order valence-corrected chi connectivity index (χ3v) is 6.91. The van der Waals surface area contributed by atoms with Gasteiger partial charge in [-0.3, -0.25) is 9.80 Å². The minimum Gasteiger partial charge on any atom is -0.298 e. The van der Waals surface area contributed by atoms with E-state index in [2.05, 4.69) is 67.6 Å². The van der Waals surface area contributed by atoms with Crippen LogP contribution in [0.25, 0.3) is 0 Å². The molecule has 0 bridgehead atoms. The number of nitrogens with zero attached hydrogens (tertiary/aromatic N) is 2. The maximum atomic E-state index is 2.63. The van der Waals surface area contributed by atoms with Crippen molar-refractivity contribution in [2.75, 3.05) is 26.2 Å². The predicted octanol–water partition coefficient (Wildman–Crippen LogP) is 3.15. The molecule has 0 radical (unpaired) electrons. The van der Waals surface area contributed by atoms with Crippen LogP contribution in [0.5, 0.6) is 0 Å². The third-order valence-electron chi connectivity index (χ3n) is 4.85. The summed E-state index contributed by atoms with van der Waals surface area (Å²) >= 11 is 0. The minimum absolute atomic E-state index is 0.739. The quantitative estimate of drug-likeness (QED) is 0.771. The molecule has 0 spiro atoms. The second kappa shape index (κ2) is 7.08. The zero-order chi connectivity index (χ0) is 15.5. The molecule has 1 unspecified atom stereocenters. The van der Waals surface area contributed by atoms with Gasteiger partial charge in [-0.1, -0.05) is 56.0 Å². The molecule has 1 aromatic rings. The highest BCUT2D eigenvalue weighted by atomic mass is 28.3. The Morgan fingerprint density at radius 2 is 1.57 bits per heavy atom. The van der Waals surface area contributed by atoms with Crippen molar-refractivity contribution in [2.45, 2.75) is 52.5 Å². The SMILES string of the molecule is CCC(C)N1CCN(Cc2ccc([Si](C)(C)C)cc2)CC1. The lowest BCUT2D eigenvalue weighted by molar-refractivity contribution is 0.0964. The summed E-state index contributed by atoms with van der Waals surface area (Å²) in [6.45, 7) is 17.9. The molecule has 0 aliphatic carbocycles. The number of rotatable bonds is 5. The lowest BCUT2D eigenvalue weighted by Crippen LogP contribution is -2.49. The summed E-state index contributed by atoms with van der Waals surface area (Å²) in [6, 6.07) is 10.1. The summed E-state index contributed by atoms with van der Waals surface area (Å²) in [7, 11) is -1.15. The van der Waals surface area contributed by atoms with Gasteiger partial charge in [0.05, 0.1) is 8.07 Å². The van der Waals surface area contributed by atoms with Crippen LogP contribution in [-0.4, -0.2) is 50.1 Å². The van der Waals surface area contributed by atoms with Crippen molar-refractivity contribution in [3.63, 3.8) is 0 Å². The van der Waals surface area contributed by atoms with Gasteiger partial charge in [0.15, 0.2) is 0 Å². The average Bonchev–Trinajstić information content (AvgIpc) is 2.47. The lowest BCUT2D eigenvalue weighted by atomic mass is 10.1. The smallest absolute Gasteiger partial charge is 0.0775 e. The van der Waals surface area contributed by atoms with Crippen molar-refractivity contribution in [1.82, 2.24) is 9.80 Å². The van der Waals surface area contributed by atoms with E-state index in [1.54, 1.807) is 5.19 Å². The first kappa shape index (κ1) is 16.7. The summed E-state index contributed by atoms with van der Waals surface area (Å²) < 4.78 is 0. The highest BCUT2D eigenvalue weighted by molar-refractivity contribution is 6.88. The Morgan fingerprint density at radius 3 is 2.05 bits per heavy atom. The molecule has 1 fully saturated rings. The molecule has 0 N–H and O–H groups in total. The van der Waals surface area contributed by atoms with E-state index in [4.69, 9.17) is 0 Å². The summed E-state index contributed by atoms with van der Waals surface area (Å²) in [5.41, 5.74) is 1.47. The standard InChI is InChI=1S/C18H32N2Si/c1-6-16(2)20-13-11-19(12-14-20)15-17-7-9-18(10-8-17)21(3,4)5/h7-10,16H,6,11-15H2,1-5H3. The van der Waals surface area contributed by atoms with Crippen molar-refractivity contribution < 1.29 is 0 Å². The topological polar surface area (TPSA) is 6.48 Å². The van der Waals surface area contributed by atoms with Gasteiger partial charge in [0.2, 0.25) is 0 Å².